The van der Waals surface area contributed by atoms with Crippen LogP contribution in [0.3, 0.4) is 0 Å². The molecule has 2 rings (SSSR count). The van der Waals surface area contributed by atoms with Gasteiger partial charge in [-0.3, -0.25) is 9.59 Å². The molecule has 2 N–H and O–H groups in total. The van der Waals surface area contributed by atoms with E-state index in [0.717, 1.165) is 5.56 Å². The largest absolute Gasteiger partial charge is 0.396 e. The fourth-order valence-electron chi connectivity index (χ4n) is 2.70. The highest BCUT2D eigenvalue weighted by Gasteiger charge is 2.36. The first-order valence-corrected chi connectivity index (χ1v) is 7.77. The molecule has 0 spiro atoms. The fraction of sp³-hybridized carbons (Fsp3) is 0.529. The Hall–Kier alpha value is -1.88. The molecule has 1 aliphatic heterocycles. The SMILES string of the molecule is Cc1ccc(CN2C(=O)CCC2C(=O)N[C@H](C)CCO)cc1. The van der Waals surface area contributed by atoms with Crippen LogP contribution in [-0.2, 0) is 16.1 Å². The molecule has 1 unspecified atom stereocenters. The van der Waals surface area contributed by atoms with E-state index in [1.807, 2.05) is 38.1 Å². The van der Waals surface area contributed by atoms with Gasteiger partial charge < -0.3 is 15.3 Å². The Balaban J connectivity index is 2.02. The quantitative estimate of drug-likeness (QED) is 0.834. The number of carbonyl (C=O) groups is 2. The molecule has 0 bridgehead atoms. The number of nitrogens with zero attached hydrogens (tertiary/aromatic N) is 1. The van der Waals surface area contributed by atoms with Gasteiger partial charge in [-0.15, -0.1) is 0 Å². The summed E-state index contributed by atoms with van der Waals surface area (Å²) in [4.78, 5) is 26.1. The van der Waals surface area contributed by atoms with E-state index in [-0.39, 0.29) is 24.5 Å². The normalized spacial score (nSPS) is 19.3. The second-order valence-corrected chi connectivity index (χ2v) is 5.98. The first kappa shape index (κ1) is 16.5. The fourth-order valence-corrected chi connectivity index (χ4v) is 2.70. The summed E-state index contributed by atoms with van der Waals surface area (Å²) in [5.41, 5.74) is 2.20. The van der Waals surface area contributed by atoms with E-state index >= 15 is 0 Å². The lowest BCUT2D eigenvalue weighted by Crippen LogP contribution is -2.47. The van der Waals surface area contributed by atoms with Crippen molar-refractivity contribution in [1.82, 2.24) is 10.2 Å². The lowest BCUT2D eigenvalue weighted by atomic mass is 10.1. The van der Waals surface area contributed by atoms with Crippen LogP contribution in [-0.4, -0.2) is 40.5 Å². The Morgan fingerprint density at radius 2 is 2.09 bits per heavy atom. The summed E-state index contributed by atoms with van der Waals surface area (Å²) >= 11 is 0. The van der Waals surface area contributed by atoms with Gasteiger partial charge in [0.25, 0.3) is 0 Å². The number of aliphatic hydroxyl groups is 1. The van der Waals surface area contributed by atoms with E-state index < -0.39 is 6.04 Å². The number of aliphatic hydroxyl groups excluding tert-OH is 1. The van der Waals surface area contributed by atoms with Crippen LogP contribution in [0, 0.1) is 6.92 Å². The Bertz CT molecular complexity index is 527. The van der Waals surface area contributed by atoms with Crippen LogP contribution in [0.2, 0.25) is 0 Å². The summed E-state index contributed by atoms with van der Waals surface area (Å²) in [6, 6.07) is 7.50. The Labute approximate surface area is 131 Å². The minimum atomic E-state index is -0.407. The lowest BCUT2D eigenvalue weighted by molar-refractivity contribution is -0.136. The standard InChI is InChI=1S/C17H24N2O3/c1-12-3-5-14(6-4-12)11-19-15(7-8-16(19)21)17(22)18-13(2)9-10-20/h3-6,13,15,20H,7-11H2,1-2H3,(H,18,22)/t13-,15?/m1/s1. The highest BCUT2D eigenvalue weighted by Crippen LogP contribution is 2.22. The van der Waals surface area contributed by atoms with Gasteiger partial charge in [0.15, 0.2) is 0 Å². The summed E-state index contributed by atoms with van der Waals surface area (Å²) in [6.07, 6.45) is 1.49. The summed E-state index contributed by atoms with van der Waals surface area (Å²) in [5, 5.41) is 11.8. The number of aryl methyl sites for hydroxylation is 1. The molecule has 1 aromatic rings. The highest BCUT2D eigenvalue weighted by atomic mass is 16.3. The van der Waals surface area contributed by atoms with Gasteiger partial charge in [-0.25, -0.2) is 0 Å². The van der Waals surface area contributed by atoms with Crippen LogP contribution in [0.5, 0.6) is 0 Å². The van der Waals surface area contributed by atoms with E-state index in [4.69, 9.17) is 5.11 Å². The minimum Gasteiger partial charge on any atom is -0.396 e. The maximum absolute atomic E-state index is 12.3. The van der Waals surface area contributed by atoms with Gasteiger partial charge in [0.05, 0.1) is 0 Å². The summed E-state index contributed by atoms with van der Waals surface area (Å²) in [5.74, 6) is -0.102. The molecule has 0 aromatic heterocycles. The van der Waals surface area contributed by atoms with Gasteiger partial charge >= 0.3 is 0 Å². The van der Waals surface area contributed by atoms with Crippen LogP contribution in [0.25, 0.3) is 0 Å². The number of hydrogen-bond acceptors (Lipinski definition) is 3. The van der Waals surface area contributed by atoms with Gasteiger partial charge in [0.1, 0.15) is 6.04 Å². The number of likely N-dealkylation sites (tertiary alicyclic amines) is 1. The molecular weight excluding hydrogens is 280 g/mol. The lowest BCUT2D eigenvalue weighted by Gasteiger charge is -2.25. The van der Waals surface area contributed by atoms with Crippen molar-refractivity contribution in [2.45, 2.75) is 51.7 Å². The van der Waals surface area contributed by atoms with Crippen LogP contribution in [0.1, 0.15) is 37.3 Å². The van der Waals surface area contributed by atoms with Gasteiger partial charge in [-0.05, 0) is 32.3 Å². The zero-order valence-corrected chi connectivity index (χ0v) is 13.2. The van der Waals surface area contributed by atoms with Gasteiger partial charge in [-0.2, -0.15) is 0 Å². The zero-order valence-electron chi connectivity index (χ0n) is 13.2. The topological polar surface area (TPSA) is 69.6 Å². The van der Waals surface area contributed by atoms with Crippen molar-refractivity contribution in [3.8, 4) is 0 Å². The molecular formula is C17H24N2O3. The Kier molecular flexibility index (Phi) is 5.55. The summed E-state index contributed by atoms with van der Waals surface area (Å²) < 4.78 is 0. The third-order valence-corrected chi connectivity index (χ3v) is 4.06. The average Bonchev–Trinajstić information content (AvgIpc) is 2.83. The van der Waals surface area contributed by atoms with Crippen LogP contribution < -0.4 is 5.32 Å². The maximum atomic E-state index is 12.3. The van der Waals surface area contributed by atoms with Gasteiger partial charge in [0, 0.05) is 25.6 Å². The molecule has 120 valence electrons. The number of nitrogens with one attached hydrogen (secondary N) is 1. The molecule has 1 heterocycles. The summed E-state index contributed by atoms with van der Waals surface area (Å²) in [6.45, 7) is 4.38. The van der Waals surface area contributed by atoms with Crippen molar-refractivity contribution < 1.29 is 14.7 Å². The van der Waals surface area contributed by atoms with Crippen molar-refractivity contribution in [2.75, 3.05) is 6.61 Å². The van der Waals surface area contributed by atoms with Crippen molar-refractivity contribution >= 4 is 11.8 Å². The Morgan fingerprint density at radius 3 is 2.73 bits per heavy atom. The monoisotopic (exact) mass is 304 g/mol. The van der Waals surface area contributed by atoms with Crippen molar-refractivity contribution in [2.24, 2.45) is 0 Å². The molecule has 2 atom stereocenters. The number of hydrogen-bond donors (Lipinski definition) is 2. The third kappa shape index (κ3) is 4.07. The highest BCUT2D eigenvalue weighted by molar-refractivity contribution is 5.91. The second kappa shape index (κ2) is 7.40. The number of rotatable bonds is 6. The molecule has 1 aromatic carbocycles. The third-order valence-electron chi connectivity index (χ3n) is 4.06. The predicted molar refractivity (Wildman–Crippen MR) is 84.1 cm³/mol. The molecule has 5 heteroatoms. The second-order valence-electron chi connectivity index (χ2n) is 5.98. The van der Waals surface area contributed by atoms with Crippen molar-refractivity contribution in [1.29, 1.82) is 0 Å². The van der Waals surface area contributed by atoms with E-state index in [9.17, 15) is 9.59 Å². The molecule has 0 aliphatic carbocycles. The summed E-state index contributed by atoms with van der Waals surface area (Å²) in [7, 11) is 0. The minimum absolute atomic E-state index is 0.0236. The Morgan fingerprint density at radius 1 is 1.41 bits per heavy atom. The number of benzene rings is 1. The first-order chi connectivity index (χ1) is 10.5. The van der Waals surface area contributed by atoms with Crippen LogP contribution in [0.4, 0.5) is 0 Å². The predicted octanol–water partition coefficient (Wildman–Crippen LogP) is 1.37. The molecule has 22 heavy (non-hydrogen) atoms. The molecule has 0 radical (unpaired) electrons. The smallest absolute Gasteiger partial charge is 0.243 e. The van der Waals surface area contributed by atoms with Crippen LogP contribution >= 0.6 is 0 Å². The number of carbonyl (C=O) groups excluding carboxylic acids is 2. The molecule has 1 fully saturated rings. The molecule has 5 nitrogen and oxygen atoms in total. The van der Waals surface area contributed by atoms with Crippen molar-refractivity contribution in [3.05, 3.63) is 35.4 Å². The van der Waals surface area contributed by atoms with E-state index in [2.05, 4.69) is 5.32 Å². The molecule has 1 saturated heterocycles. The molecule has 1 aliphatic rings. The number of amides is 2. The first-order valence-electron chi connectivity index (χ1n) is 7.77. The van der Waals surface area contributed by atoms with Crippen LogP contribution in [0.15, 0.2) is 24.3 Å². The zero-order chi connectivity index (χ0) is 16.1. The van der Waals surface area contributed by atoms with Gasteiger partial charge in [0.2, 0.25) is 11.8 Å². The maximum Gasteiger partial charge on any atom is 0.243 e. The molecule has 0 saturated carbocycles. The van der Waals surface area contributed by atoms with Gasteiger partial charge in [-0.1, -0.05) is 29.8 Å². The van der Waals surface area contributed by atoms with E-state index in [1.54, 1.807) is 4.90 Å². The molecule has 2 amide bonds. The average molecular weight is 304 g/mol. The van der Waals surface area contributed by atoms with E-state index in [0.29, 0.717) is 25.8 Å². The van der Waals surface area contributed by atoms with Crippen molar-refractivity contribution in [3.63, 3.8) is 0 Å². The van der Waals surface area contributed by atoms with E-state index in [1.165, 1.54) is 5.56 Å².